The Kier molecular flexibility index (Phi) is 5.40. The van der Waals surface area contributed by atoms with Gasteiger partial charge in [0.25, 0.3) is 0 Å². The summed E-state index contributed by atoms with van der Waals surface area (Å²) < 4.78 is 16.0. The quantitative estimate of drug-likeness (QED) is 0.856. The van der Waals surface area contributed by atoms with E-state index in [-0.39, 0.29) is 29.2 Å². The first-order chi connectivity index (χ1) is 11.0. The van der Waals surface area contributed by atoms with Crippen LogP contribution in [0.25, 0.3) is 11.0 Å². The molecule has 1 fully saturated rings. The van der Waals surface area contributed by atoms with Crippen molar-refractivity contribution in [3.8, 4) is 0 Å². The number of halogens is 2. The molecule has 0 atom stereocenters. The largest absolute Gasteiger partial charge is 0.477 e. The molecule has 1 aliphatic rings. The lowest BCUT2D eigenvalue weighted by atomic mass is 10.2. The second-order valence-corrected chi connectivity index (χ2v) is 5.37. The number of carbonyl (C=O) groups is 1. The summed E-state index contributed by atoms with van der Waals surface area (Å²) in [6.45, 7) is 4.95. The van der Waals surface area contributed by atoms with Gasteiger partial charge in [-0.1, -0.05) is 0 Å². The number of aromatic nitrogens is 2. The molecule has 0 saturated carbocycles. The molecule has 2 N–H and O–H groups in total. The Labute approximate surface area is 143 Å². The maximum absolute atomic E-state index is 14.4. The molecule has 3 rings (SSSR count). The number of fused-ring (bicyclic) bond motifs is 1. The van der Waals surface area contributed by atoms with E-state index < -0.39 is 17.2 Å². The molecule has 0 unspecified atom stereocenters. The van der Waals surface area contributed by atoms with Gasteiger partial charge < -0.3 is 19.9 Å². The molecular weight excluding hydrogens is 339 g/mol. The van der Waals surface area contributed by atoms with Gasteiger partial charge in [-0.25, -0.2) is 14.2 Å². The van der Waals surface area contributed by atoms with E-state index >= 15 is 0 Å². The van der Waals surface area contributed by atoms with Gasteiger partial charge in [0.1, 0.15) is 11.2 Å². The topological polar surface area (TPSA) is 87.5 Å². The SMILES string of the molecule is CCn1cc(C(=O)O)c(=O)c2cc(F)c(N3CCNCC3)nc21.Cl. The Hall–Kier alpha value is -2.19. The van der Waals surface area contributed by atoms with Crippen molar-refractivity contribution in [3.05, 3.63) is 33.9 Å². The van der Waals surface area contributed by atoms with Crippen molar-refractivity contribution in [3.63, 3.8) is 0 Å². The van der Waals surface area contributed by atoms with Gasteiger partial charge in [-0.05, 0) is 13.0 Å². The number of pyridine rings is 2. The minimum absolute atomic E-state index is 0. The molecule has 24 heavy (non-hydrogen) atoms. The summed E-state index contributed by atoms with van der Waals surface area (Å²) in [4.78, 5) is 29.6. The van der Waals surface area contributed by atoms with Crippen LogP contribution in [0.15, 0.2) is 17.1 Å². The molecule has 0 radical (unpaired) electrons. The maximum Gasteiger partial charge on any atom is 0.341 e. The van der Waals surface area contributed by atoms with Crippen LogP contribution in [-0.2, 0) is 6.54 Å². The molecule has 0 amide bonds. The lowest BCUT2D eigenvalue weighted by Gasteiger charge is -2.29. The summed E-state index contributed by atoms with van der Waals surface area (Å²) in [5.74, 6) is -1.74. The monoisotopic (exact) mass is 356 g/mol. The first kappa shape index (κ1) is 18.2. The van der Waals surface area contributed by atoms with Crippen molar-refractivity contribution < 1.29 is 14.3 Å². The third kappa shape index (κ3) is 3.07. The molecule has 7 nitrogen and oxygen atoms in total. The van der Waals surface area contributed by atoms with Crippen LogP contribution in [-0.4, -0.2) is 46.8 Å². The average molecular weight is 357 g/mol. The lowest BCUT2D eigenvalue weighted by Crippen LogP contribution is -2.44. The summed E-state index contributed by atoms with van der Waals surface area (Å²) >= 11 is 0. The van der Waals surface area contributed by atoms with Gasteiger partial charge in [0.05, 0.1) is 5.39 Å². The molecule has 0 aromatic carbocycles. The number of hydrogen-bond donors (Lipinski definition) is 2. The van der Waals surface area contributed by atoms with Gasteiger partial charge in [0.2, 0.25) is 5.43 Å². The standard InChI is InChI=1S/C15H17FN4O3.ClH/c1-2-19-8-10(15(22)23)12(21)9-7-11(16)14(18-13(9)19)20-5-3-17-4-6-20;/h7-8,17H,2-6H2,1H3,(H,22,23);1H. The molecule has 0 bridgehead atoms. The fourth-order valence-corrected chi connectivity index (χ4v) is 2.77. The smallest absolute Gasteiger partial charge is 0.341 e. The summed E-state index contributed by atoms with van der Waals surface area (Å²) in [5.41, 5.74) is -0.789. The lowest BCUT2D eigenvalue weighted by molar-refractivity contribution is 0.0695. The number of nitrogens with one attached hydrogen (secondary N) is 1. The zero-order valence-electron chi connectivity index (χ0n) is 13.1. The van der Waals surface area contributed by atoms with Gasteiger partial charge in [0.15, 0.2) is 11.6 Å². The minimum Gasteiger partial charge on any atom is -0.477 e. The highest BCUT2D eigenvalue weighted by Gasteiger charge is 2.21. The Morgan fingerprint density at radius 1 is 1.42 bits per heavy atom. The van der Waals surface area contributed by atoms with E-state index in [1.54, 1.807) is 4.57 Å². The highest BCUT2D eigenvalue weighted by atomic mass is 35.5. The Morgan fingerprint density at radius 2 is 2.08 bits per heavy atom. The maximum atomic E-state index is 14.4. The number of piperazine rings is 1. The molecular formula is C15H18ClFN4O3. The third-order valence-electron chi connectivity index (χ3n) is 3.97. The first-order valence-electron chi connectivity index (χ1n) is 7.45. The molecule has 3 heterocycles. The van der Waals surface area contributed by atoms with Crippen molar-refractivity contribution in [1.29, 1.82) is 0 Å². The van der Waals surface area contributed by atoms with E-state index in [9.17, 15) is 14.0 Å². The van der Waals surface area contributed by atoms with Crippen LogP contribution in [0.1, 0.15) is 17.3 Å². The Balaban J connectivity index is 0.00000208. The molecule has 0 spiro atoms. The predicted octanol–water partition coefficient (Wildman–Crippen LogP) is 1.09. The van der Waals surface area contributed by atoms with Crippen molar-refractivity contribution in [2.24, 2.45) is 0 Å². The normalized spacial score (nSPS) is 14.5. The Bertz CT molecular complexity index is 834. The van der Waals surface area contributed by atoms with E-state index in [0.717, 1.165) is 19.2 Å². The highest BCUT2D eigenvalue weighted by Crippen LogP contribution is 2.21. The molecule has 0 aliphatic carbocycles. The number of rotatable bonds is 3. The molecule has 2 aromatic heterocycles. The zero-order chi connectivity index (χ0) is 16.6. The molecule has 1 aliphatic heterocycles. The van der Waals surface area contributed by atoms with Gasteiger partial charge in [-0.2, -0.15) is 0 Å². The third-order valence-corrected chi connectivity index (χ3v) is 3.97. The van der Waals surface area contributed by atoms with E-state index in [0.29, 0.717) is 25.3 Å². The summed E-state index contributed by atoms with van der Waals surface area (Å²) in [6.07, 6.45) is 1.26. The van der Waals surface area contributed by atoms with E-state index in [4.69, 9.17) is 5.11 Å². The average Bonchev–Trinajstić information content (AvgIpc) is 2.55. The second kappa shape index (κ2) is 7.14. The number of aryl methyl sites for hydroxylation is 1. The van der Waals surface area contributed by atoms with Crippen molar-refractivity contribution >= 4 is 35.2 Å². The number of aromatic carboxylic acids is 1. The number of carboxylic acid groups (broad SMARTS) is 1. The molecule has 1 saturated heterocycles. The highest BCUT2D eigenvalue weighted by molar-refractivity contribution is 5.92. The Morgan fingerprint density at radius 3 is 2.67 bits per heavy atom. The minimum atomic E-state index is -1.33. The van der Waals surface area contributed by atoms with E-state index in [1.807, 2.05) is 11.8 Å². The summed E-state index contributed by atoms with van der Waals surface area (Å²) in [7, 11) is 0. The fraction of sp³-hybridized carbons (Fsp3) is 0.400. The van der Waals surface area contributed by atoms with Crippen LogP contribution in [0.5, 0.6) is 0 Å². The predicted molar refractivity (Wildman–Crippen MR) is 90.9 cm³/mol. The molecule has 2 aromatic rings. The van der Waals surface area contributed by atoms with Crippen LogP contribution in [0.4, 0.5) is 10.2 Å². The summed E-state index contributed by atoms with van der Waals surface area (Å²) in [5, 5.41) is 12.3. The fourth-order valence-electron chi connectivity index (χ4n) is 2.77. The molecule has 130 valence electrons. The van der Waals surface area contributed by atoms with E-state index in [2.05, 4.69) is 10.3 Å². The van der Waals surface area contributed by atoms with Gasteiger partial charge >= 0.3 is 5.97 Å². The number of hydrogen-bond acceptors (Lipinski definition) is 5. The number of nitrogens with zero attached hydrogens (tertiary/aromatic N) is 3. The second-order valence-electron chi connectivity index (χ2n) is 5.37. The van der Waals surface area contributed by atoms with Gasteiger partial charge in [-0.15, -0.1) is 12.4 Å². The first-order valence-corrected chi connectivity index (χ1v) is 7.45. The number of carboxylic acids is 1. The van der Waals surface area contributed by atoms with Crippen LogP contribution >= 0.6 is 12.4 Å². The van der Waals surface area contributed by atoms with Crippen LogP contribution < -0.4 is 15.6 Å². The van der Waals surface area contributed by atoms with Crippen LogP contribution in [0.2, 0.25) is 0 Å². The van der Waals surface area contributed by atoms with Gasteiger partial charge in [-0.3, -0.25) is 4.79 Å². The van der Waals surface area contributed by atoms with E-state index in [1.165, 1.54) is 6.20 Å². The van der Waals surface area contributed by atoms with Crippen molar-refractivity contribution in [2.45, 2.75) is 13.5 Å². The van der Waals surface area contributed by atoms with Crippen molar-refractivity contribution in [2.75, 3.05) is 31.1 Å². The van der Waals surface area contributed by atoms with Crippen molar-refractivity contribution in [1.82, 2.24) is 14.9 Å². The molecule has 9 heteroatoms. The summed E-state index contributed by atoms with van der Waals surface area (Å²) in [6, 6.07) is 1.10. The van der Waals surface area contributed by atoms with Gasteiger partial charge in [0, 0.05) is 38.9 Å². The van der Waals surface area contributed by atoms with Crippen LogP contribution in [0, 0.1) is 5.82 Å². The zero-order valence-corrected chi connectivity index (χ0v) is 13.9. The van der Waals surface area contributed by atoms with Crippen LogP contribution in [0.3, 0.4) is 0 Å². The number of anilines is 1.